The molecule has 0 radical (unpaired) electrons. The predicted molar refractivity (Wildman–Crippen MR) is 138 cm³/mol. The summed E-state index contributed by atoms with van der Waals surface area (Å²) in [6.07, 6.45) is 0.727. The number of nitrogens with one attached hydrogen (secondary N) is 3. The van der Waals surface area contributed by atoms with Crippen LogP contribution >= 0.6 is 0 Å². The first kappa shape index (κ1) is 27.9. The number of hydrazine groups is 1. The van der Waals surface area contributed by atoms with Crippen molar-refractivity contribution < 1.29 is 27.8 Å². The number of carboxylic acids is 1. The zero-order valence-electron chi connectivity index (χ0n) is 21.6. The first-order chi connectivity index (χ1) is 18.2. The Hall–Kier alpha value is -3.12. The van der Waals surface area contributed by atoms with Gasteiger partial charge in [0.1, 0.15) is 5.69 Å². The molecule has 1 aliphatic carbocycles. The van der Waals surface area contributed by atoms with Crippen molar-refractivity contribution in [3.05, 3.63) is 41.2 Å². The lowest BCUT2D eigenvalue weighted by Gasteiger charge is -2.36. The number of carbonyl (C=O) groups is 1. The van der Waals surface area contributed by atoms with Crippen molar-refractivity contribution in [3.8, 4) is 0 Å². The van der Waals surface area contributed by atoms with E-state index in [0.29, 0.717) is 42.7 Å². The second-order valence-electron chi connectivity index (χ2n) is 9.92. The summed E-state index contributed by atoms with van der Waals surface area (Å²) in [4.78, 5) is 20.5. The van der Waals surface area contributed by atoms with E-state index in [9.17, 15) is 23.1 Å². The van der Waals surface area contributed by atoms with Crippen molar-refractivity contribution in [1.29, 1.82) is 0 Å². The highest BCUT2D eigenvalue weighted by Gasteiger charge is 2.31. The van der Waals surface area contributed by atoms with Crippen molar-refractivity contribution in [2.45, 2.75) is 70.8 Å². The number of rotatable bonds is 11. The van der Waals surface area contributed by atoms with Gasteiger partial charge >= 0.3 is 12.1 Å². The minimum Gasteiger partial charge on any atom is -0.475 e. The lowest BCUT2D eigenvalue weighted by molar-refractivity contribution is -0.137. The molecule has 9 nitrogen and oxygen atoms in total. The summed E-state index contributed by atoms with van der Waals surface area (Å²) in [6, 6.07) is 5.04. The molecule has 1 aliphatic heterocycles. The van der Waals surface area contributed by atoms with Gasteiger partial charge in [-0.3, -0.25) is 0 Å². The highest BCUT2D eigenvalue weighted by Crippen LogP contribution is 2.35. The maximum atomic E-state index is 13.0. The van der Waals surface area contributed by atoms with Gasteiger partial charge in [-0.15, -0.1) is 0 Å². The number of benzene rings is 1. The molecular formula is C26H35F3N6O3. The first-order valence-electron chi connectivity index (χ1n) is 13.1. The summed E-state index contributed by atoms with van der Waals surface area (Å²) in [5, 5.41) is 18.4. The zero-order valence-corrected chi connectivity index (χ0v) is 21.6. The molecule has 1 saturated carbocycles. The Morgan fingerprint density at radius 1 is 1.21 bits per heavy atom. The number of hydrogen-bond donors (Lipinski definition) is 4. The number of halogens is 3. The van der Waals surface area contributed by atoms with Crippen LogP contribution in [0.5, 0.6) is 0 Å². The van der Waals surface area contributed by atoms with Crippen LogP contribution in [0.2, 0.25) is 0 Å². The number of nitrogens with zero attached hydrogens (tertiary/aromatic N) is 3. The largest absolute Gasteiger partial charge is 0.475 e. The predicted octanol–water partition coefficient (Wildman–Crippen LogP) is 5.23. The highest BCUT2D eigenvalue weighted by atomic mass is 19.4. The molecule has 2 atom stereocenters. The van der Waals surface area contributed by atoms with E-state index >= 15 is 0 Å². The molecule has 12 heteroatoms. The first-order valence-corrected chi connectivity index (χ1v) is 13.1. The molecule has 2 aliphatic rings. The maximum absolute atomic E-state index is 13.0. The van der Waals surface area contributed by atoms with Crippen molar-refractivity contribution in [1.82, 2.24) is 15.0 Å². The number of ether oxygens (including phenoxy) is 1. The summed E-state index contributed by atoms with van der Waals surface area (Å²) >= 11 is 0. The summed E-state index contributed by atoms with van der Waals surface area (Å²) in [5.74, 6) is -0.530. The van der Waals surface area contributed by atoms with Gasteiger partial charge in [-0.1, -0.05) is 31.9 Å². The zero-order chi connectivity index (χ0) is 27.3. The molecule has 0 amide bonds. The van der Waals surface area contributed by atoms with Crippen LogP contribution < -0.4 is 16.1 Å². The maximum Gasteiger partial charge on any atom is 0.416 e. The van der Waals surface area contributed by atoms with Crippen LogP contribution in [0.3, 0.4) is 0 Å². The molecular weight excluding hydrogens is 501 g/mol. The van der Waals surface area contributed by atoms with Crippen LogP contribution in [0.25, 0.3) is 0 Å². The third-order valence-electron chi connectivity index (χ3n) is 7.17. The number of anilines is 3. The Bertz CT molecular complexity index is 1090. The molecule has 38 heavy (non-hydrogen) atoms. The average molecular weight is 537 g/mol. The van der Waals surface area contributed by atoms with Crippen molar-refractivity contribution in [2.24, 2.45) is 5.92 Å². The normalized spacial score (nSPS) is 19.4. The monoisotopic (exact) mass is 536 g/mol. The lowest BCUT2D eigenvalue weighted by atomic mass is 9.80. The molecule has 2 heterocycles. The number of alkyl halides is 3. The summed E-state index contributed by atoms with van der Waals surface area (Å²) in [7, 11) is 0. The number of aromatic nitrogens is 2. The van der Waals surface area contributed by atoms with Gasteiger partial charge in [0.15, 0.2) is 11.6 Å². The van der Waals surface area contributed by atoms with E-state index in [1.807, 2.05) is 11.9 Å². The van der Waals surface area contributed by atoms with E-state index < -0.39 is 17.7 Å². The fraction of sp³-hybridized carbons (Fsp3) is 0.577. The smallest absolute Gasteiger partial charge is 0.416 e. The van der Waals surface area contributed by atoms with Crippen LogP contribution in [-0.2, 0) is 17.5 Å². The molecule has 0 spiro atoms. The van der Waals surface area contributed by atoms with Gasteiger partial charge < -0.3 is 25.9 Å². The Morgan fingerprint density at radius 3 is 2.53 bits per heavy atom. The minimum atomic E-state index is -4.41. The fourth-order valence-electron chi connectivity index (χ4n) is 4.69. The standard InChI is InChI=1S/C26H35F3N6O3/c1-3-5-20-15-38-13-12-35(20)34-23-21(30-14-17-8-10-19(11-9-17)26(27,28)29)22(32-24(33-23)25(36)37)31-16(2)18-6-4-7-18/h8-11,16,18,20,30H,3-7,12-15H2,1-2H3,(H,36,37)(H2,31,32,33,34)/t16-,20?/m1/s1. The lowest BCUT2D eigenvalue weighted by Crippen LogP contribution is -2.48. The van der Waals surface area contributed by atoms with Gasteiger partial charge in [0.2, 0.25) is 5.82 Å². The molecule has 4 rings (SSSR count). The van der Waals surface area contributed by atoms with E-state index in [2.05, 4.69) is 33.0 Å². The van der Waals surface area contributed by atoms with Crippen molar-refractivity contribution >= 4 is 23.3 Å². The summed E-state index contributed by atoms with van der Waals surface area (Å²) in [6.45, 7) is 5.95. The molecule has 4 N–H and O–H groups in total. The van der Waals surface area contributed by atoms with E-state index in [0.717, 1.165) is 44.2 Å². The Kier molecular flexibility index (Phi) is 8.93. The van der Waals surface area contributed by atoms with Gasteiger partial charge in [0.25, 0.3) is 0 Å². The quantitative estimate of drug-likeness (QED) is 0.307. The number of aromatic carboxylic acids is 1. The molecule has 208 valence electrons. The molecule has 1 saturated heterocycles. The van der Waals surface area contributed by atoms with Gasteiger partial charge in [0, 0.05) is 19.1 Å². The summed E-state index contributed by atoms with van der Waals surface area (Å²) < 4.78 is 44.6. The van der Waals surface area contributed by atoms with E-state index in [1.165, 1.54) is 12.1 Å². The van der Waals surface area contributed by atoms with Crippen LogP contribution in [-0.4, -0.2) is 57.9 Å². The van der Waals surface area contributed by atoms with Gasteiger partial charge in [0.05, 0.1) is 24.8 Å². The number of carboxylic acid groups (broad SMARTS) is 1. The molecule has 1 aromatic carbocycles. The minimum absolute atomic E-state index is 0.0518. The molecule has 0 bridgehead atoms. The second-order valence-corrected chi connectivity index (χ2v) is 9.92. The number of hydrogen-bond acceptors (Lipinski definition) is 8. The van der Waals surface area contributed by atoms with Gasteiger partial charge in [-0.2, -0.15) is 13.2 Å². The van der Waals surface area contributed by atoms with Crippen LogP contribution in [0.4, 0.5) is 30.5 Å². The van der Waals surface area contributed by atoms with Gasteiger partial charge in [-0.25, -0.2) is 19.8 Å². The Balaban J connectivity index is 1.66. The second kappa shape index (κ2) is 12.2. The summed E-state index contributed by atoms with van der Waals surface area (Å²) in [5.41, 5.74) is 3.67. The topological polar surface area (TPSA) is 112 Å². The van der Waals surface area contributed by atoms with E-state index in [-0.39, 0.29) is 30.3 Å². The third-order valence-corrected chi connectivity index (χ3v) is 7.17. The van der Waals surface area contributed by atoms with Gasteiger partial charge in [-0.05, 0) is 49.8 Å². The SMILES string of the molecule is CCCC1COCCN1Nc1nc(C(=O)O)nc(N[C@H](C)C2CCC2)c1NCc1ccc(C(F)(F)F)cc1. The molecule has 2 aromatic rings. The van der Waals surface area contributed by atoms with Crippen LogP contribution in [0.1, 0.15) is 67.7 Å². The molecule has 1 aromatic heterocycles. The van der Waals surface area contributed by atoms with Crippen molar-refractivity contribution in [3.63, 3.8) is 0 Å². The van der Waals surface area contributed by atoms with Crippen molar-refractivity contribution in [2.75, 3.05) is 35.8 Å². The number of morpholine rings is 1. The van der Waals surface area contributed by atoms with E-state index in [1.54, 1.807) is 0 Å². The third kappa shape index (κ3) is 6.84. The van der Waals surface area contributed by atoms with Crippen LogP contribution in [0.15, 0.2) is 24.3 Å². The Labute approximate surface area is 220 Å². The fourth-order valence-corrected chi connectivity index (χ4v) is 4.69. The van der Waals surface area contributed by atoms with E-state index in [4.69, 9.17) is 4.74 Å². The average Bonchev–Trinajstić information content (AvgIpc) is 2.83. The molecule has 1 unspecified atom stereocenters. The van der Waals surface area contributed by atoms with Crippen LogP contribution in [0, 0.1) is 5.92 Å². The Morgan fingerprint density at radius 2 is 1.92 bits per heavy atom. The molecule has 2 fully saturated rings. The highest BCUT2D eigenvalue weighted by molar-refractivity contribution is 5.87.